The van der Waals surface area contributed by atoms with E-state index in [0.717, 1.165) is 17.8 Å². The molecule has 3 aromatic rings. The number of ether oxygens (including phenoxy) is 2. The Balaban J connectivity index is 1.67. The molecule has 0 N–H and O–H groups in total. The van der Waals surface area contributed by atoms with Gasteiger partial charge in [0.25, 0.3) is 11.5 Å². The number of fused-ring (bicyclic) bond motifs is 2. The van der Waals surface area contributed by atoms with Gasteiger partial charge in [0.2, 0.25) is 0 Å². The fourth-order valence-corrected chi connectivity index (χ4v) is 5.14. The van der Waals surface area contributed by atoms with Gasteiger partial charge in [0.1, 0.15) is 15.5 Å². The van der Waals surface area contributed by atoms with E-state index in [1.54, 1.807) is 36.9 Å². The summed E-state index contributed by atoms with van der Waals surface area (Å²) in [7, 11) is 0. The summed E-state index contributed by atoms with van der Waals surface area (Å²) in [6, 6.07) is 4.08. The number of Topliss-reactive ketones (excluding diaryl/α,β-unsaturated/α-hetero) is 1. The standard InChI is InChI=1S/C26H29N3O6S/c1-6-9-28-18-10-17(7-8-19(18)34-12-20(28)30)22(31)16(5)29-13-27-24-21(25(29)32)15(4)23(36-24)26(33)35-11-14(2)3/h7-8,10,13-14,16H,6,9,11-12H2,1-5H3. The van der Waals surface area contributed by atoms with Crippen molar-refractivity contribution in [1.29, 1.82) is 0 Å². The van der Waals surface area contributed by atoms with E-state index in [2.05, 4.69) is 4.98 Å². The van der Waals surface area contributed by atoms with Crippen LogP contribution in [-0.2, 0) is 9.53 Å². The van der Waals surface area contributed by atoms with Gasteiger partial charge in [-0.25, -0.2) is 9.78 Å². The third kappa shape index (κ3) is 4.65. The van der Waals surface area contributed by atoms with E-state index in [4.69, 9.17) is 9.47 Å². The first-order chi connectivity index (χ1) is 17.1. The molecule has 0 bridgehead atoms. The lowest BCUT2D eigenvalue weighted by molar-refractivity contribution is -0.121. The fourth-order valence-electron chi connectivity index (χ4n) is 4.11. The van der Waals surface area contributed by atoms with Crippen LogP contribution in [0.15, 0.2) is 29.3 Å². The Morgan fingerprint density at radius 3 is 2.67 bits per heavy atom. The highest BCUT2D eigenvalue weighted by molar-refractivity contribution is 7.20. The van der Waals surface area contributed by atoms with Crippen molar-refractivity contribution in [2.75, 3.05) is 24.7 Å². The molecule has 4 rings (SSSR count). The Labute approximate surface area is 212 Å². The first-order valence-electron chi connectivity index (χ1n) is 11.9. The van der Waals surface area contributed by atoms with Crippen molar-refractivity contribution in [2.45, 2.75) is 47.1 Å². The van der Waals surface area contributed by atoms with Gasteiger partial charge >= 0.3 is 5.97 Å². The van der Waals surface area contributed by atoms with Crippen LogP contribution in [-0.4, -0.2) is 47.0 Å². The van der Waals surface area contributed by atoms with E-state index < -0.39 is 17.6 Å². The largest absolute Gasteiger partial charge is 0.482 e. The molecule has 1 amide bonds. The molecule has 0 saturated carbocycles. The van der Waals surface area contributed by atoms with Gasteiger partial charge in [-0.1, -0.05) is 20.8 Å². The predicted octanol–water partition coefficient (Wildman–Crippen LogP) is 4.16. The highest BCUT2D eigenvalue weighted by atomic mass is 32.1. The Morgan fingerprint density at radius 1 is 1.22 bits per heavy atom. The van der Waals surface area contributed by atoms with Gasteiger partial charge in [-0.2, -0.15) is 0 Å². The Hall–Kier alpha value is -3.53. The van der Waals surface area contributed by atoms with Gasteiger partial charge in [0.05, 0.1) is 30.0 Å². The lowest BCUT2D eigenvalue weighted by Gasteiger charge is -2.29. The minimum absolute atomic E-state index is 0.0369. The maximum absolute atomic E-state index is 13.4. The Bertz CT molecular complexity index is 1410. The number of esters is 1. The summed E-state index contributed by atoms with van der Waals surface area (Å²) >= 11 is 1.11. The summed E-state index contributed by atoms with van der Waals surface area (Å²) in [5.41, 5.74) is 0.995. The van der Waals surface area contributed by atoms with Crippen LogP contribution < -0.4 is 15.2 Å². The maximum Gasteiger partial charge on any atom is 0.348 e. The fraction of sp³-hybridized carbons (Fsp3) is 0.423. The topological polar surface area (TPSA) is 108 Å². The summed E-state index contributed by atoms with van der Waals surface area (Å²) in [4.78, 5) is 58.4. The molecule has 190 valence electrons. The molecular formula is C26H29N3O6S. The molecule has 9 nitrogen and oxygen atoms in total. The molecule has 0 radical (unpaired) electrons. The first kappa shape index (κ1) is 25.6. The van der Waals surface area contributed by atoms with Crippen molar-refractivity contribution < 1.29 is 23.9 Å². The average Bonchev–Trinajstić information content (AvgIpc) is 3.20. The second-order valence-corrected chi connectivity index (χ2v) is 10.2. The van der Waals surface area contributed by atoms with E-state index in [-0.39, 0.29) is 30.8 Å². The smallest absolute Gasteiger partial charge is 0.348 e. The molecular weight excluding hydrogens is 482 g/mol. The number of thiophene rings is 1. The Kier molecular flexibility index (Phi) is 7.26. The monoisotopic (exact) mass is 511 g/mol. The maximum atomic E-state index is 13.4. The van der Waals surface area contributed by atoms with Crippen LogP contribution in [0.2, 0.25) is 0 Å². The number of amides is 1. The van der Waals surface area contributed by atoms with E-state index >= 15 is 0 Å². The molecule has 0 saturated heterocycles. The number of carbonyl (C=O) groups is 3. The van der Waals surface area contributed by atoms with Crippen LogP contribution in [0.25, 0.3) is 10.2 Å². The first-order valence-corrected chi connectivity index (χ1v) is 12.7. The summed E-state index contributed by atoms with van der Waals surface area (Å²) in [6.45, 7) is 9.93. The van der Waals surface area contributed by atoms with Crippen LogP contribution in [0.3, 0.4) is 0 Å². The molecule has 0 aliphatic carbocycles. The molecule has 10 heteroatoms. The minimum Gasteiger partial charge on any atom is -0.482 e. The number of benzene rings is 1. The normalized spacial score (nSPS) is 14.1. The molecule has 1 aliphatic heterocycles. The van der Waals surface area contributed by atoms with Crippen molar-refractivity contribution in [3.8, 4) is 5.75 Å². The van der Waals surface area contributed by atoms with Crippen molar-refractivity contribution in [3.05, 3.63) is 50.9 Å². The van der Waals surface area contributed by atoms with Gasteiger partial charge in [-0.15, -0.1) is 11.3 Å². The van der Waals surface area contributed by atoms with Crippen LogP contribution >= 0.6 is 11.3 Å². The average molecular weight is 512 g/mol. The number of anilines is 1. The van der Waals surface area contributed by atoms with Gasteiger partial charge < -0.3 is 14.4 Å². The highest BCUT2D eigenvalue weighted by Crippen LogP contribution is 2.34. The molecule has 1 aromatic carbocycles. The molecule has 1 unspecified atom stereocenters. The predicted molar refractivity (Wildman–Crippen MR) is 137 cm³/mol. The summed E-state index contributed by atoms with van der Waals surface area (Å²) in [5, 5.41) is 0.303. The van der Waals surface area contributed by atoms with Gasteiger partial charge in [0.15, 0.2) is 12.4 Å². The highest BCUT2D eigenvalue weighted by Gasteiger charge is 2.28. The lowest BCUT2D eigenvalue weighted by Crippen LogP contribution is -2.39. The van der Waals surface area contributed by atoms with E-state index in [1.165, 1.54) is 10.9 Å². The SMILES string of the molecule is CCCN1C(=O)COc2ccc(C(=O)C(C)n3cnc4sc(C(=O)OCC(C)C)c(C)c4c3=O)cc21. The number of rotatable bonds is 8. The zero-order valence-corrected chi connectivity index (χ0v) is 21.8. The van der Waals surface area contributed by atoms with Crippen LogP contribution in [0, 0.1) is 12.8 Å². The van der Waals surface area contributed by atoms with Crippen LogP contribution in [0.5, 0.6) is 5.75 Å². The number of nitrogens with zero attached hydrogens (tertiary/aromatic N) is 3. The number of carbonyl (C=O) groups excluding carboxylic acids is 3. The van der Waals surface area contributed by atoms with E-state index in [1.807, 2.05) is 20.8 Å². The Morgan fingerprint density at radius 2 is 1.97 bits per heavy atom. The molecule has 1 aliphatic rings. The number of hydrogen-bond donors (Lipinski definition) is 0. The minimum atomic E-state index is -0.858. The molecule has 2 aromatic heterocycles. The van der Waals surface area contributed by atoms with Crippen molar-refractivity contribution in [1.82, 2.24) is 9.55 Å². The van der Waals surface area contributed by atoms with Gasteiger partial charge in [-0.05, 0) is 49.9 Å². The second-order valence-electron chi connectivity index (χ2n) is 9.24. The van der Waals surface area contributed by atoms with Crippen LogP contribution in [0.4, 0.5) is 5.69 Å². The van der Waals surface area contributed by atoms with Crippen LogP contribution in [0.1, 0.15) is 65.8 Å². The molecule has 3 heterocycles. The zero-order chi connectivity index (χ0) is 26.1. The third-order valence-electron chi connectivity index (χ3n) is 6.04. The number of aromatic nitrogens is 2. The zero-order valence-electron chi connectivity index (χ0n) is 21.0. The molecule has 36 heavy (non-hydrogen) atoms. The van der Waals surface area contributed by atoms with E-state index in [9.17, 15) is 19.2 Å². The van der Waals surface area contributed by atoms with Crippen molar-refractivity contribution >= 4 is 44.9 Å². The summed E-state index contributed by atoms with van der Waals surface area (Å²) < 4.78 is 12.1. The summed E-state index contributed by atoms with van der Waals surface area (Å²) in [6.07, 6.45) is 2.09. The van der Waals surface area contributed by atoms with Gasteiger partial charge in [0, 0.05) is 12.1 Å². The third-order valence-corrected chi connectivity index (χ3v) is 7.22. The van der Waals surface area contributed by atoms with Gasteiger partial charge in [-0.3, -0.25) is 19.0 Å². The molecule has 0 fully saturated rings. The summed E-state index contributed by atoms with van der Waals surface area (Å²) in [5.74, 6) is -0.225. The molecule has 0 spiro atoms. The number of hydrogen-bond acceptors (Lipinski definition) is 8. The number of aryl methyl sites for hydroxylation is 1. The van der Waals surface area contributed by atoms with Crippen molar-refractivity contribution in [2.24, 2.45) is 5.92 Å². The lowest BCUT2D eigenvalue weighted by atomic mass is 10.0. The quantitative estimate of drug-likeness (QED) is 0.330. The molecule has 1 atom stereocenters. The van der Waals surface area contributed by atoms with Crippen molar-refractivity contribution in [3.63, 3.8) is 0 Å². The second kappa shape index (κ2) is 10.2. The number of ketones is 1. The van der Waals surface area contributed by atoms with E-state index in [0.29, 0.717) is 44.2 Å².